The SMILES string of the molecule is O=C(COC(=O)c1ccc(F)cc1F)Nc1ccc2c(c1)CCC2. The van der Waals surface area contributed by atoms with Gasteiger partial charge in [-0.2, -0.15) is 0 Å². The molecule has 0 bridgehead atoms. The first-order chi connectivity index (χ1) is 11.5. The second-order valence-corrected chi connectivity index (χ2v) is 5.59. The summed E-state index contributed by atoms with van der Waals surface area (Å²) in [6.45, 7) is -0.549. The van der Waals surface area contributed by atoms with E-state index in [-0.39, 0.29) is 0 Å². The average molecular weight is 331 g/mol. The van der Waals surface area contributed by atoms with Crippen LogP contribution in [0.3, 0.4) is 0 Å². The zero-order valence-corrected chi connectivity index (χ0v) is 12.8. The molecule has 1 N–H and O–H groups in total. The zero-order chi connectivity index (χ0) is 17.1. The number of aryl methyl sites for hydroxylation is 2. The molecule has 0 heterocycles. The molecule has 0 fully saturated rings. The van der Waals surface area contributed by atoms with Crippen molar-refractivity contribution in [2.45, 2.75) is 19.3 Å². The van der Waals surface area contributed by atoms with Crippen molar-refractivity contribution >= 4 is 17.6 Å². The van der Waals surface area contributed by atoms with E-state index in [1.165, 1.54) is 11.1 Å². The van der Waals surface area contributed by atoms with Gasteiger partial charge in [0.15, 0.2) is 6.61 Å². The van der Waals surface area contributed by atoms with E-state index in [0.717, 1.165) is 31.4 Å². The molecule has 24 heavy (non-hydrogen) atoms. The van der Waals surface area contributed by atoms with Gasteiger partial charge in [0.25, 0.3) is 5.91 Å². The molecular formula is C18H15F2NO3. The largest absolute Gasteiger partial charge is 0.452 e. The molecule has 6 heteroatoms. The summed E-state index contributed by atoms with van der Waals surface area (Å²) in [4.78, 5) is 23.6. The molecule has 124 valence electrons. The number of carbonyl (C=O) groups excluding carboxylic acids is 2. The molecule has 0 aliphatic heterocycles. The molecule has 4 nitrogen and oxygen atoms in total. The number of halogens is 2. The van der Waals surface area contributed by atoms with E-state index in [2.05, 4.69) is 5.32 Å². The monoisotopic (exact) mass is 331 g/mol. The summed E-state index contributed by atoms with van der Waals surface area (Å²) in [7, 11) is 0. The van der Waals surface area contributed by atoms with Crippen LogP contribution in [-0.4, -0.2) is 18.5 Å². The maximum atomic E-state index is 13.5. The van der Waals surface area contributed by atoms with Crippen LogP contribution in [0.2, 0.25) is 0 Å². The smallest absolute Gasteiger partial charge is 0.341 e. The van der Waals surface area contributed by atoms with Crippen LogP contribution < -0.4 is 5.32 Å². The second kappa shape index (κ2) is 6.78. The average Bonchev–Trinajstić information content (AvgIpc) is 3.00. The Labute approximate surface area is 137 Å². The van der Waals surface area contributed by atoms with E-state index in [1.807, 2.05) is 12.1 Å². The number of nitrogens with one attached hydrogen (secondary N) is 1. The molecule has 0 radical (unpaired) electrons. The maximum absolute atomic E-state index is 13.5. The lowest BCUT2D eigenvalue weighted by molar-refractivity contribution is -0.119. The Balaban J connectivity index is 1.56. The molecule has 2 aromatic carbocycles. The quantitative estimate of drug-likeness (QED) is 0.875. The number of anilines is 1. The van der Waals surface area contributed by atoms with Gasteiger partial charge in [-0.25, -0.2) is 13.6 Å². The van der Waals surface area contributed by atoms with Crippen molar-refractivity contribution in [3.8, 4) is 0 Å². The van der Waals surface area contributed by atoms with Gasteiger partial charge in [0.2, 0.25) is 0 Å². The van der Waals surface area contributed by atoms with E-state index in [4.69, 9.17) is 4.74 Å². The third kappa shape index (κ3) is 3.59. The number of benzene rings is 2. The van der Waals surface area contributed by atoms with Crippen molar-refractivity contribution in [1.29, 1.82) is 0 Å². The van der Waals surface area contributed by atoms with Gasteiger partial charge in [0.1, 0.15) is 11.6 Å². The Morgan fingerprint density at radius 2 is 1.83 bits per heavy atom. The molecule has 0 atom stereocenters. The summed E-state index contributed by atoms with van der Waals surface area (Å²) in [5.41, 5.74) is 2.70. The fourth-order valence-corrected chi connectivity index (χ4v) is 2.71. The van der Waals surface area contributed by atoms with Crippen molar-refractivity contribution in [1.82, 2.24) is 0 Å². The summed E-state index contributed by atoms with van der Waals surface area (Å²) >= 11 is 0. The number of ether oxygens (including phenoxy) is 1. The van der Waals surface area contributed by atoms with Crippen LogP contribution in [0.15, 0.2) is 36.4 Å². The van der Waals surface area contributed by atoms with Crippen LogP contribution in [0.4, 0.5) is 14.5 Å². The molecule has 0 unspecified atom stereocenters. The minimum absolute atomic E-state index is 0.415. The number of amides is 1. The Bertz CT molecular complexity index is 805. The summed E-state index contributed by atoms with van der Waals surface area (Å²) in [6.07, 6.45) is 3.13. The number of rotatable bonds is 4. The fourth-order valence-electron chi connectivity index (χ4n) is 2.71. The molecule has 1 aliphatic carbocycles. The number of hydrogen-bond donors (Lipinski definition) is 1. The Kier molecular flexibility index (Phi) is 4.55. The minimum Gasteiger partial charge on any atom is -0.452 e. The third-order valence-corrected chi connectivity index (χ3v) is 3.87. The zero-order valence-electron chi connectivity index (χ0n) is 12.8. The molecule has 0 saturated carbocycles. The van der Waals surface area contributed by atoms with Crippen molar-refractivity contribution in [3.05, 3.63) is 64.7 Å². The molecular weight excluding hydrogens is 316 g/mol. The van der Waals surface area contributed by atoms with Crippen LogP contribution in [-0.2, 0) is 22.4 Å². The van der Waals surface area contributed by atoms with Gasteiger partial charge < -0.3 is 10.1 Å². The Hall–Kier alpha value is -2.76. The van der Waals surface area contributed by atoms with E-state index in [9.17, 15) is 18.4 Å². The lowest BCUT2D eigenvalue weighted by atomic mass is 10.1. The van der Waals surface area contributed by atoms with Gasteiger partial charge in [-0.05, 0) is 54.7 Å². The van der Waals surface area contributed by atoms with Crippen molar-refractivity contribution in [2.75, 3.05) is 11.9 Å². The van der Waals surface area contributed by atoms with Gasteiger partial charge in [-0.15, -0.1) is 0 Å². The van der Waals surface area contributed by atoms with Crippen LogP contribution >= 0.6 is 0 Å². The first-order valence-electron chi connectivity index (χ1n) is 7.57. The molecule has 2 aromatic rings. The highest BCUT2D eigenvalue weighted by atomic mass is 19.1. The van der Waals surface area contributed by atoms with Crippen molar-refractivity contribution in [2.24, 2.45) is 0 Å². The second-order valence-electron chi connectivity index (χ2n) is 5.59. The highest BCUT2D eigenvalue weighted by molar-refractivity contribution is 5.95. The van der Waals surface area contributed by atoms with Gasteiger partial charge in [-0.1, -0.05) is 6.07 Å². The van der Waals surface area contributed by atoms with E-state index in [1.54, 1.807) is 6.07 Å². The van der Waals surface area contributed by atoms with Gasteiger partial charge in [0, 0.05) is 11.8 Å². The summed E-state index contributed by atoms with van der Waals surface area (Å²) in [5.74, 6) is -3.36. The van der Waals surface area contributed by atoms with Crippen LogP contribution in [0.25, 0.3) is 0 Å². The summed E-state index contributed by atoms with van der Waals surface area (Å²) < 4.78 is 31.0. The Morgan fingerprint density at radius 3 is 2.62 bits per heavy atom. The van der Waals surface area contributed by atoms with Gasteiger partial charge >= 0.3 is 5.97 Å². The van der Waals surface area contributed by atoms with E-state index < -0.39 is 35.7 Å². The minimum atomic E-state index is -1.03. The highest BCUT2D eigenvalue weighted by Crippen LogP contribution is 2.24. The highest BCUT2D eigenvalue weighted by Gasteiger charge is 2.16. The molecule has 1 amide bonds. The van der Waals surface area contributed by atoms with E-state index >= 15 is 0 Å². The summed E-state index contributed by atoms with van der Waals surface area (Å²) in [5, 5.41) is 2.63. The van der Waals surface area contributed by atoms with Crippen molar-refractivity contribution in [3.63, 3.8) is 0 Å². The van der Waals surface area contributed by atoms with Crippen LogP contribution in [0, 0.1) is 11.6 Å². The topological polar surface area (TPSA) is 55.4 Å². The predicted octanol–water partition coefficient (Wildman–Crippen LogP) is 3.25. The number of carbonyl (C=O) groups is 2. The van der Waals surface area contributed by atoms with Gasteiger partial charge in [0.05, 0.1) is 5.56 Å². The van der Waals surface area contributed by atoms with Crippen molar-refractivity contribution < 1.29 is 23.1 Å². The van der Waals surface area contributed by atoms with Gasteiger partial charge in [-0.3, -0.25) is 4.79 Å². The first kappa shape index (κ1) is 16.1. The molecule has 0 spiro atoms. The predicted molar refractivity (Wildman–Crippen MR) is 83.7 cm³/mol. The fraction of sp³-hybridized carbons (Fsp3) is 0.222. The molecule has 1 aliphatic rings. The number of hydrogen-bond acceptors (Lipinski definition) is 3. The standard InChI is InChI=1S/C18H15F2NO3/c19-13-5-7-15(16(20)9-13)18(23)24-10-17(22)21-14-6-4-11-2-1-3-12(11)8-14/h4-9H,1-3,10H2,(H,21,22). The van der Waals surface area contributed by atoms with E-state index in [0.29, 0.717) is 11.8 Å². The number of fused-ring (bicyclic) bond motifs is 1. The Morgan fingerprint density at radius 1 is 1.04 bits per heavy atom. The third-order valence-electron chi connectivity index (χ3n) is 3.87. The normalized spacial score (nSPS) is 12.6. The maximum Gasteiger partial charge on any atom is 0.341 e. The lowest BCUT2D eigenvalue weighted by Gasteiger charge is -2.08. The molecule has 0 aromatic heterocycles. The van der Waals surface area contributed by atoms with Crippen LogP contribution in [0.1, 0.15) is 27.9 Å². The molecule has 0 saturated heterocycles. The molecule has 3 rings (SSSR count). The first-order valence-corrected chi connectivity index (χ1v) is 7.57. The summed E-state index contributed by atoms with van der Waals surface area (Å²) in [6, 6.07) is 8.18. The lowest BCUT2D eigenvalue weighted by Crippen LogP contribution is -2.21. The number of esters is 1. The van der Waals surface area contributed by atoms with Crippen LogP contribution in [0.5, 0.6) is 0 Å².